The van der Waals surface area contributed by atoms with Crippen LogP contribution in [0.1, 0.15) is 55.6 Å². The van der Waals surface area contributed by atoms with Crippen LogP contribution in [0.15, 0.2) is 55.3 Å². The van der Waals surface area contributed by atoms with Crippen LogP contribution >= 0.6 is 0 Å². The summed E-state index contributed by atoms with van der Waals surface area (Å²) in [6.07, 6.45) is 7.58. The van der Waals surface area contributed by atoms with Gasteiger partial charge in [-0.2, -0.15) is 4.98 Å². The number of carbonyl (C=O) groups excluding carboxylic acids is 1. The quantitative estimate of drug-likeness (QED) is 0.258. The highest BCUT2D eigenvalue weighted by Gasteiger charge is 2.37. The molecule has 4 N–H and O–H groups in total. The van der Waals surface area contributed by atoms with Gasteiger partial charge in [0.15, 0.2) is 0 Å². The molecule has 228 valence electrons. The van der Waals surface area contributed by atoms with E-state index >= 15 is 4.39 Å². The Bertz CT molecular complexity index is 1460. The molecule has 4 heterocycles. The van der Waals surface area contributed by atoms with Gasteiger partial charge in [0.2, 0.25) is 5.95 Å². The molecule has 0 atom stereocenters. The first kappa shape index (κ1) is 30.4. The third-order valence-corrected chi connectivity index (χ3v) is 8.48. The van der Waals surface area contributed by atoms with Crippen molar-refractivity contribution < 1.29 is 14.3 Å². The average Bonchev–Trinajstić information content (AvgIpc) is 2.98. The van der Waals surface area contributed by atoms with Gasteiger partial charge in [-0.05, 0) is 95.4 Å². The fraction of sp³-hybridized carbons (Fsp3) is 0.438. The highest BCUT2D eigenvalue weighted by atomic mass is 19.1. The van der Waals surface area contributed by atoms with Gasteiger partial charge in [-0.3, -0.25) is 4.79 Å². The summed E-state index contributed by atoms with van der Waals surface area (Å²) in [6, 6.07) is 10.2. The van der Waals surface area contributed by atoms with Gasteiger partial charge in [-0.25, -0.2) is 14.4 Å². The number of halogens is 1. The van der Waals surface area contributed by atoms with E-state index < -0.39 is 11.5 Å². The molecule has 43 heavy (non-hydrogen) atoms. The monoisotopic (exact) mass is 588 g/mol. The highest BCUT2D eigenvalue weighted by Crippen LogP contribution is 2.42. The Morgan fingerprint density at radius 1 is 1.09 bits per heavy atom. The number of nitrogens with zero attached hydrogens (tertiary/aromatic N) is 5. The van der Waals surface area contributed by atoms with Gasteiger partial charge < -0.3 is 30.9 Å². The minimum absolute atomic E-state index is 0.177. The molecule has 2 saturated heterocycles. The fourth-order valence-electron chi connectivity index (χ4n) is 5.72. The number of aliphatic hydroxyl groups is 1. The molecule has 2 aromatic heterocycles. The number of benzene rings is 1. The van der Waals surface area contributed by atoms with Crippen molar-refractivity contribution in [2.24, 2.45) is 5.41 Å². The van der Waals surface area contributed by atoms with Gasteiger partial charge in [0.25, 0.3) is 5.91 Å². The van der Waals surface area contributed by atoms with Crippen LogP contribution in [0.2, 0.25) is 0 Å². The third-order valence-electron chi connectivity index (χ3n) is 8.48. The predicted octanol–water partition coefficient (Wildman–Crippen LogP) is 4.95. The van der Waals surface area contributed by atoms with Crippen LogP contribution in [0.25, 0.3) is 0 Å². The molecule has 1 amide bonds. The van der Waals surface area contributed by atoms with Crippen molar-refractivity contribution in [2.75, 3.05) is 55.3 Å². The van der Waals surface area contributed by atoms with E-state index in [9.17, 15) is 9.90 Å². The molecule has 2 fully saturated rings. The first-order valence-electron chi connectivity index (χ1n) is 14.8. The lowest BCUT2D eigenvalue weighted by atomic mass is 9.71. The van der Waals surface area contributed by atoms with Gasteiger partial charge >= 0.3 is 0 Å². The number of aromatic nitrogens is 3. The number of hydrogen-bond donors (Lipinski definition) is 4. The van der Waals surface area contributed by atoms with Gasteiger partial charge in [-0.1, -0.05) is 12.1 Å². The molecule has 1 spiro atoms. The van der Waals surface area contributed by atoms with E-state index in [1.807, 2.05) is 6.07 Å². The van der Waals surface area contributed by atoms with E-state index in [1.165, 1.54) is 25.1 Å². The lowest BCUT2D eigenvalue weighted by Gasteiger charge is -2.46. The smallest absolute Gasteiger partial charge is 0.256 e. The van der Waals surface area contributed by atoms with Crippen molar-refractivity contribution in [1.29, 1.82) is 0 Å². The Labute approximate surface area is 252 Å². The summed E-state index contributed by atoms with van der Waals surface area (Å²) in [5, 5.41) is 19.3. The zero-order valence-corrected chi connectivity index (χ0v) is 25.2. The highest BCUT2D eigenvalue weighted by molar-refractivity contribution is 5.99. The summed E-state index contributed by atoms with van der Waals surface area (Å²) >= 11 is 0. The maximum absolute atomic E-state index is 15.4. The maximum atomic E-state index is 15.4. The fourth-order valence-corrected chi connectivity index (χ4v) is 5.72. The van der Waals surface area contributed by atoms with Gasteiger partial charge in [-0.15, -0.1) is 6.58 Å². The van der Waals surface area contributed by atoms with Gasteiger partial charge in [0, 0.05) is 31.5 Å². The van der Waals surface area contributed by atoms with Gasteiger partial charge in [0.05, 0.1) is 11.4 Å². The molecule has 0 aliphatic carbocycles. The second-order valence-electron chi connectivity index (χ2n) is 12.1. The van der Waals surface area contributed by atoms with Crippen LogP contribution in [-0.4, -0.2) is 70.6 Å². The Morgan fingerprint density at radius 3 is 2.49 bits per heavy atom. The van der Waals surface area contributed by atoms with Crippen molar-refractivity contribution in [1.82, 2.24) is 25.2 Å². The number of anilines is 5. The maximum Gasteiger partial charge on any atom is 0.256 e. The number of rotatable bonds is 9. The van der Waals surface area contributed by atoms with Crippen LogP contribution < -0.4 is 20.9 Å². The average molecular weight is 589 g/mol. The second-order valence-corrected chi connectivity index (χ2v) is 12.1. The Morgan fingerprint density at radius 2 is 1.81 bits per heavy atom. The zero-order valence-electron chi connectivity index (χ0n) is 25.2. The first-order chi connectivity index (χ1) is 20.5. The first-order valence-corrected chi connectivity index (χ1v) is 14.8. The lowest BCUT2D eigenvalue weighted by molar-refractivity contribution is 0.0740. The molecule has 2 aliphatic rings. The molecule has 10 nitrogen and oxygen atoms in total. The van der Waals surface area contributed by atoms with Crippen molar-refractivity contribution >= 4 is 34.9 Å². The van der Waals surface area contributed by atoms with E-state index in [0.717, 1.165) is 39.0 Å². The molecule has 1 aromatic carbocycles. The summed E-state index contributed by atoms with van der Waals surface area (Å²) < 4.78 is 15.4. The van der Waals surface area contributed by atoms with Crippen molar-refractivity contribution in [2.45, 2.75) is 45.1 Å². The molecule has 3 aromatic rings. The van der Waals surface area contributed by atoms with E-state index in [4.69, 9.17) is 0 Å². The van der Waals surface area contributed by atoms with Crippen molar-refractivity contribution in [3.8, 4) is 0 Å². The number of hydrogen-bond acceptors (Lipinski definition) is 9. The molecule has 0 unspecified atom stereocenters. The summed E-state index contributed by atoms with van der Waals surface area (Å²) in [5.41, 5.74) is 0.971. The molecular weight excluding hydrogens is 547 g/mol. The van der Waals surface area contributed by atoms with Crippen LogP contribution in [0.5, 0.6) is 0 Å². The number of likely N-dealkylation sites (tertiary alicyclic amines) is 1. The molecule has 5 rings (SSSR count). The van der Waals surface area contributed by atoms with E-state index in [0.29, 0.717) is 28.3 Å². The summed E-state index contributed by atoms with van der Waals surface area (Å²) in [6.45, 7) is 11.2. The predicted molar refractivity (Wildman–Crippen MR) is 168 cm³/mol. The van der Waals surface area contributed by atoms with Crippen molar-refractivity contribution in [3.63, 3.8) is 0 Å². The largest absolute Gasteiger partial charge is 0.384 e. The van der Waals surface area contributed by atoms with E-state index in [2.05, 4.69) is 54.3 Å². The SMILES string of the molecule is C=CCNC(=O)c1cnc(Nc2ccc(N3CCC4(CCN(C)CC4)CC3)c(F)c2)nc1Nc1cccc(C(C)(C)O)n1. The number of pyridine rings is 1. The number of nitrogens with one attached hydrogen (secondary N) is 3. The number of carbonyl (C=O) groups is 1. The van der Waals surface area contributed by atoms with Crippen LogP contribution in [-0.2, 0) is 5.60 Å². The standard InChI is InChI=1S/C32H41FN8O2/c1-5-15-34-29(42)23-21-35-30(39-28(23)38-27-8-6-7-26(37-27)31(2,3)43)36-22-9-10-25(24(33)20-22)41-18-13-32(14-19-41)11-16-40(4)17-12-32/h5-10,20-21,43H,1,11-19H2,2-4H3,(H,34,42)(H2,35,36,37,38,39). The summed E-state index contributed by atoms with van der Waals surface area (Å²) in [7, 11) is 2.18. The molecule has 11 heteroatoms. The number of amides is 1. The molecule has 0 bridgehead atoms. The Hall–Kier alpha value is -4.09. The van der Waals surface area contributed by atoms with Crippen LogP contribution in [0.3, 0.4) is 0 Å². The zero-order chi connectivity index (χ0) is 30.6. The summed E-state index contributed by atoms with van der Waals surface area (Å²) in [4.78, 5) is 30.7. The van der Waals surface area contributed by atoms with E-state index in [-0.39, 0.29) is 29.7 Å². The molecule has 2 aliphatic heterocycles. The third kappa shape index (κ3) is 7.29. The Kier molecular flexibility index (Phi) is 8.93. The summed E-state index contributed by atoms with van der Waals surface area (Å²) in [5.74, 6) is 0.0618. The topological polar surface area (TPSA) is 119 Å². The molecule has 0 saturated carbocycles. The van der Waals surface area contributed by atoms with Crippen LogP contribution in [0, 0.1) is 11.2 Å². The minimum Gasteiger partial charge on any atom is -0.384 e. The molecular formula is C32H41FN8O2. The van der Waals surface area contributed by atoms with Gasteiger partial charge in [0.1, 0.15) is 28.6 Å². The lowest BCUT2D eigenvalue weighted by Crippen LogP contribution is -2.46. The minimum atomic E-state index is -1.15. The molecule has 0 radical (unpaired) electrons. The normalized spacial score (nSPS) is 17.0. The second kappa shape index (κ2) is 12.6. The number of piperidine rings is 2. The van der Waals surface area contributed by atoms with Crippen molar-refractivity contribution in [3.05, 3.63) is 72.3 Å². The van der Waals surface area contributed by atoms with Crippen LogP contribution in [0.4, 0.5) is 33.3 Å². The van der Waals surface area contributed by atoms with E-state index in [1.54, 1.807) is 44.2 Å². The Balaban J connectivity index is 1.32.